The summed E-state index contributed by atoms with van der Waals surface area (Å²) in [4.78, 5) is 20.7. The molecule has 0 radical (unpaired) electrons. The number of hydrogen-bond acceptors (Lipinski definition) is 3. The van der Waals surface area contributed by atoms with Gasteiger partial charge in [0.15, 0.2) is 17.3 Å². The Balaban J connectivity index is 1.39. The SMILES string of the molecule is CC(NC(=O)c1nn(-c2ccc(F)c(F)c2)c2c1CCC2)c1ncc(-c2ccccc2)[nH]1. The molecule has 0 saturated heterocycles. The van der Waals surface area contributed by atoms with Crippen LogP contribution in [0.4, 0.5) is 8.78 Å². The van der Waals surface area contributed by atoms with Gasteiger partial charge in [0.2, 0.25) is 0 Å². The second-order valence-corrected chi connectivity index (χ2v) is 7.88. The minimum absolute atomic E-state index is 0.309. The Morgan fingerprint density at radius 3 is 2.72 bits per heavy atom. The van der Waals surface area contributed by atoms with Crippen molar-refractivity contribution in [3.63, 3.8) is 0 Å². The number of imidazole rings is 1. The van der Waals surface area contributed by atoms with Crippen molar-refractivity contribution >= 4 is 5.91 Å². The highest BCUT2D eigenvalue weighted by atomic mass is 19.2. The summed E-state index contributed by atoms with van der Waals surface area (Å²) >= 11 is 0. The number of rotatable bonds is 5. The van der Waals surface area contributed by atoms with Gasteiger partial charge in [0, 0.05) is 17.3 Å². The monoisotopic (exact) mass is 433 g/mol. The molecule has 1 aliphatic rings. The van der Waals surface area contributed by atoms with Crippen molar-refractivity contribution in [1.29, 1.82) is 0 Å². The fraction of sp³-hybridized carbons (Fsp3) is 0.208. The fourth-order valence-electron chi connectivity index (χ4n) is 4.10. The van der Waals surface area contributed by atoms with Gasteiger partial charge in [-0.1, -0.05) is 30.3 Å². The number of carbonyl (C=O) groups excluding carboxylic acids is 1. The first-order valence-electron chi connectivity index (χ1n) is 10.5. The number of amides is 1. The van der Waals surface area contributed by atoms with E-state index in [-0.39, 0.29) is 11.9 Å². The number of halogens is 2. The zero-order chi connectivity index (χ0) is 22.2. The maximum absolute atomic E-state index is 13.8. The minimum atomic E-state index is -0.948. The van der Waals surface area contributed by atoms with E-state index in [1.54, 1.807) is 10.9 Å². The summed E-state index contributed by atoms with van der Waals surface area (Å²) in [7, 11) is 0. The molecule has 0 bridgehead atoms. The molecule has 0 aliphatic heterocycles. The number of carbonyl (C=O) groups is 1. The number of aromatic amines is 1. The van der Waals surface area contributed by atoms with Crippen LogP contribution in [0.3, 0.4) is 0 Å². The normalized spacial score (nSPS) is 13.7. The number of nitrogens with zero attached hydrogens (tertiary/aromatic N) is 3. The van der Waals surface area contributed by atoms with Crippen LogP contribution in [0.1, 0.15) is 47.0 Å². The number of fused-ring (bicyclic) bond motifs is 1. The lowest BCUT2D eigenvalue weighted by molar-refractivity contribution is 0.0932. The van der Waals surface area contributed by atoms with Crippen LogP contribution in [-0.4, -0.2) is 25.7 Å². The molecule has 2 aromatic carbocycles. The quantitative estimate of drug-likeness (QED) is 0.486. The third kappa shape index (κ3) is 3.57. The molecule has 1 atom stereocenters. The van der Waals surface area contributed by atoms with Gasteiger partial charge in [-0.2, -0.15) is 5.10 Å². The summed E-state index contributed by atoms with van der Waals surface area (Å²) in [6.45, 7) is 1.85. The summed E-state index contributed by atoms with van der Waals surface area (Å²) in [6.07, 6.45) is 4.06. The van der Waals surface area contributed by atoms with Gasteiger partial charge in [0.25, 0.3) is 5.91 Å². The molecule has 0 spiro atoms. The zero-order valence-corrected chi connectivity index (χ0v) is 17.4. The van der Waals surface area contributed by atoms with E-state index in [1.807, 2.05) is 37.3 Å². The molecule has 2 aromatic heterocycles. The second kappa shape index (κ2) is 8.03. The molecular formula is C24H21F2N5O. The Bertz CT molecular complexity index is 1300. The van der Waals surface area contributed by atoms with Crippen molar-refractivity contribution in [3.05, 3.63) is 89.1 Å². The molecule has 1 amide bonds. The lowest BCUT2D eigenvalue weighted by Crippen LogP contribution is -2.28. The largest absolute Gasteiger partial charge is 0.341 e. The molecule has 2 N–H and O–H groups in total. The maximum Gasteiger partial charge on any atom is 0.272 e. The van der Waals surface area contributed by atoms with Crippen LogP contribution in [0.15, 0.2) is 54.7 Å². The van der Waals surface area contributed by atoms with Gasteiger partial charge in [-0.15, -0.1) is 0 Å². The van der Waals surface area contributed by atoms with Gasteiger partial charge in [0.05, 0.1) is 23.6 Å². The predicted octanol–water partition coefficient (Wildman–Crippen LogP) is 4.52. The van der Waals surface area contributed by atoms with E-state index in [1.165, 1.54) is 6.07 Å². The van der Waals surface area contributed by atoms with Gasteiger partial charge < -0.3 is 10.3 Å². The smallest absolute Gasteiger partial charge is 0.272 e. The summed E-state index contributed by atoms with van der Waals surface area (Å²) < 4.78 is 28.7. The average Bonchev–Trinajstić information content (AvgIpc) is 3.53. The highest BCUT2D eigenvalue weighted by Gasteiger charge is 2.28. The Labute approximate surface area is 183 Å². The predicted molar refractivity (Wildman–Crippen MR) is 115 cm³/mol. The average molecular weight is 433 g/mol. The van der Waals surface area contributed by atoms with Gasteiger partial charge in [-0.3, -0.25) is 4.79 Å². The van der Waals surface area contributed by atoms with Crippen LogP contribution in [0.2, 0.25) is 0 Å². The molecule has 2 heterocycles. The Morgan fingerprint density at radius 1 is 1.12 bits per heavy atom. The lowest BCUT2D eigenvalue weighted by Gasteiger charge is -2.11. The third-order valence-electron chi connectivity index (χ3n) is 5.73. The molecule has 4 aromatic rings. The van der Waals surface area contributed by atoms with Gasteiger partial charge in [0.1, 0.15) is 5.82 Å². The third-order valence-corrected chi connectivity index (χ3v) is 5.73. The van der Waals surface area contributed by atoms with Crippen molar-refractivity contribution < 1.29 is 13.6 Å². The summed E-state index contributed by atoms with van der Waals surface area (Å²) in [6, 6.07) is 13.1. The summed E-state index contributed by atoms with van der Waals surface area (Å²) in [5, 5.41) is 7.41. The van der Waals surface area contributed by atoms with Crippen LogP contribution in [0.25, 0.3) is 16.9 Å². The van der Waals surface area contributed by atoms with Gasteiger partial charge in [-0.05, 0) is 43.9 Å². The van der Waals surface area contributed by atoms with Crippen LogP contribution in [-0.2, 0) is 12.8 Å². The molecule has 32 heavy (non-hydrogen) atoms. The first-order valence-corrected chi connectivity index (χ1v) is 10.5. The molecule has 0 fully saturated rings. The van der Waals surface area contributed by atoms with E-state index in [0.717, 1.165) is 53.9 Å². The number of benzene rings is 2. The van der Waals surface area contributed by atoms with Crippen molar-refractivity contribution in [2.75, 3.05) is 0 Å². The molecule has 162 valence electrons. The molecule has 8 heteroatoms. The fourth-order valence-corrected chi connectivity index (χ4v) is 4.10. The lowest BCUT2D eigenvalue weighted by atomic mass is 10.2. The summed E-state index contributed by atoms with van der Waals surface area (Å²) in [5.41, 5.74) is 4.29. The summed E-state index contributed by atoms with van der Waals surface area (Å²) in [5.74, 6) is -1.56. The number of nitrogens with one attached hydrogen (secondary N) is 2. The molecule has 0 saturated carbocycles. The topological polar surface area (TPSA) is 75.6 Å². The number of H-pyrrole nitrogens is 1. The molecule has 1 unspecified atom stereocenters. The minimum Gasteiger partial charge on any atom is -0.341 e. The van der Waals surface area contributed by atoms with Crippen LogP contribution < -0.4 is 5.32 Å². The second-order valence-electron chi connectivity index (χ2n) is 7.88. The first-order chi connectivity index (χ1) is 15.5. The Hall–Kier alpha value is -3.81. The molecule has 1 aliphatic carbocycles. The molecule has 5 rings (SSSR count). The maximum atomic E-state index is 13.8. The molecular weight excluding hydrogens is 412 g/mol. The van der Waals surface area contributed by atoms with Crippen LogP contribution in [0, 0.1) is 11.6 Å². The zero-order valence-electron chi connectivity index (χ0n) is 17.4. The van der Waals surface area contributed by atoms with Gasteiger partial charge in [-0.25, -0.2) is 18.4 Å². The number of aromatic nitrogens is 4. The highest BCUT2D eigenvalue weighted by Crippen LogP contribution is 2.29. The van der Waals surface area contributed by atoms with Crippen molar-refractivity contribution in [2.24, 2.45) is 0 Å². The van der Waals surface area contributed by atoms with Crippen molar-refractivity contribution in [1.82, 2.24) is 25.1 Å². The number of hydrogen-bond donors (Lipinski definition) is 2. The van der Waals surface area contributed by atoms with Crippen molar-refractivity contribution in [2.45, 2.75) is 32.2 Å². The van der Waals surface area contributed by atoms with Crippen molar-refractivity contribution in [3.8, 4) is 16.9 Å². The van der Waals surface area contributed by atoms with Gasteiger partial charge >= 0.3 is 0 Å². The Morgan fingerprint density at radius 2 is 1.94 bits per heavy atom. The highest BCUT2D eigenvalue weighted by molar-refractivity contribution is 5.94. The Kier molecular flexibility index (Phi) is 5.05. The van der Waals surface area contributed by atoms with E-state index >= 15 is 0 Å². The first kappa shape index (κ1) is 20.1. The van der Waals surface area contributed by atoms with E-state index in [4.69, 9.17) is 0 Å². The standard InChI is InChI=1S/C24H21F2N5O/c1-14(23-27-13-20(29-23)15-6-3-2-4-7-15)28-24(32)22-17-8-5-9-21(17)31(30-22)16-10-11-18(25)19(26)12-16/h2-4,6-7,10-14H,5,8-9H2,1H3,(H,27,29)(H,28,32). The van der Waals surface area contributed by atoms with E-state index < -0.39 is 11.6 Å². The van der Waals surface area contributed by atoms with E-state index in [2.05, 4.69) is 20.4 Å². The van der Waals surface area contributed by atoms with E-state index in [0.29, 0.717) is 17.2 Å². The van der Waals surface area contributed by atoms with Crippen LogP contribution >= 0.6 is 0 Å². The van der Waals surface area contributed by atoms with E-state index in [9.17, 15) is 13.6 Å². The molecule has 6 nitrogen and oxygen atoms in total. The van der Waals surface area contributed by atoms with Crippen LogP contribution in [0.5, 0.6) is 0 Å².